The maximum Gasteiger partial charge on any atom is 1.00 e. The van der Waals surface area contributed by atoms with Gasteiger partial charge >= 0.3 is 35.5 Å². The number of ether oxygens (including phenoxy) is 1. The average Bonchev–Trinajstić information content (AvgIpc) is 2.60. The summed E-state index contributed by atoms with van der Waals surface area (Å²) in [6.07, 6.45) is -0.864. The minimum atomic E-state index is -1.49. The van der Waals surface area contributed by atoms with Crippen LogP contribution in [-0.4, -0.2) is 45.9 Å². The number of rotatable bonds is 4. The monoisotopic (exact) mass is 309 g/mol. The van der Waals surface area contributed by atoms with Gasteiger partial charge in [0.25, 0.3) is 0 Å². The molecule has 2 unspecified atom stereocenters. The molecule has 9 heteroatoms. The molecule has 20 heavy (non-hydrogen) atoms. The predicted octanol–water partition coefficient (Wildman–Crippen LogP) is -4.57. The third-order valence-electron chi connectivity index (χ3n) is 2.97. The number of hydrogen-bond donors (Lipinski definition) is 1. The number of aliphatic hydroxyl groups is 1. The number of hydrogen-bond acceptors (Lipinski definition) is 7. The van der Waals surface area contributed by atoms with Crippen molar-refractivity contribution >= 4 is 29.6 Å². The predicted molar refractivity (Wildman–Crippen MR) is 62.1 cm³/mol. The largest absolute Gasteiger partial charge is 1.00 e. The van der Waals surface area contributed by atoms with E-state index in [1.807, 2.05) is 0 Å². The number of amides is 1. The molecule has 0 saturated carbocycles. The Balaban J connectivity index is 0.00000200. The van der Waals surface area contributed by atoms with Gasteiger partial charge in [0, 0.05) is 6.92 Å². The first-order valence-electron chi connectivity index (χ1n) is 5.60. The van der Waals surface area contributed by atoms with Crippen molar-refractivity contribution in [3.8, 4) is 0 Å². The van der Waals surface area contributed by atoms with Gasteiger partial charge in [0.05, 0.1) is 28.6 Å². The number of thioether (sulfide) groups is 1. The smallest absolute Gasteiger partial charge is 0.543 e. The van der Waals surface area contributed by atoms with Crippen LogP contribution < -0.4 is 34.7 Å². The Bertz CT molecular complexity index is 491. The van der Waals surface area contributed by atoms with Crippen LogP contribution in [-0.2, 0) is 19.1 Å². The third-order valence-corrected chi connectivity index (χ3v) is 4.31. The molecule has 0 aliphatic carbocycles. The molecule has 2 heterocycles. The number of nitrogens with zero attached hydrogens (tertiary/aromatic N) is 1. The Morgan fingerprint density at radius 2 is 2.15 bits per heavy atom. The molecule has 2 aliphatic heterocycles. The molecule has 0 radical (unpaired) electrons. The molecule has 0 spiro atoms. The molecule has 2 rings (SSSR count). The second-order valence-electron chi connectivity index (χ2n) is 4.32. The molecule has 1 saturated heterocycles. The van der Waals surface area contributed by atoms with E-state index in [2.05, 4.69) is 0 Å². The minimum absolute atomic E-state index is 0. The van der Waals surface area contributed by atoms with E-state index in [0.717, 1.165) is 16.7 Å². The van der Waals surface area contributed by atoms with E-state index in [1.54, 1.807) is 0 Å². The number of esters is 1. The maximum atomic E-state index is 11.8. The Morgan fingerprint density at radius 1 is 1.55 bits per heavy atom. The van der Waals surface area contributed by atoms with Crippen LogP contribution in [0.5, 0.6) is 0 Å². The molecule has 2 aliphatic rings. The van der Waals surface area contributed by atoms with Gasteiger partial charge in [-0.2, -0.15) is 0 Å². The van der Waals surface area contributed by atoms with Crippen LogP contribution in [0.15, 0.2) is 10.6 Å². The Morgan fingerprint density at radius 3 is 2.60 bits per heavy atom. The van der Waals surface area contributed by atoms with E-state index in [4.69, 9.17) is 4.74 Å². The zero-order valence-electron chi connectivity index (χ0n) is 11.3. The Labute approximate surface area is 141 Å². The SMILES string of the molecule is CC(=O)OCC1=C(C(=O)[O-])N2C(=O)C(C(C)O)[C@H]2S1.[Na+]. The molecular formula is C11H12NNaO6S. The van der Waals surface area contributed by atoms with Crippen molar-refractivity contribution in [2.24, 2.45) is 5.92 Å². The molecule has 3 atom stereocenters. The first-order valence-corrected chi connectivity index (χ1v) is 6.48. The fourth-order valence-corrected chi connectivity index (χ4v) is 3.63. The summed E-state index contributed by atoms with van der Waals surface area (Å²) >= 11 is 1.11. The quantitative estimate of drug-likeness (QED) is 0.316. The molecule has 1 N–H and O–H groups in total. The first kappa shape index (κ1) is 17.5. The normalized spacial score (nSPS) is 25.6. The fourth-order valence-electron chi connectivity index (χ4n) is 2.11. The molecule has 104 valence electrons. The van der Waals surface area contributed by atoms with Crippen LogP contribution in [0.1, 0.15) is 13.8 Å². The van der Waals surface area contributed by atoms with Crippen LogP contribution in [0.25, 0.3) is 0 Å². The summed E-state index contributed by atoms with van der Waals surface area (Å²) in [5, 5.41) is 20.1. The van der Waals surface area contributed by atoms with Crippen LogP contribution in [0.4, 0.5) is 0 Å². The van der Waals surface area contributed by atoms with Crippen molar-refractivity contribution < 1.29 is 58.9 Å². The number of carboxylic acid groups (broad SMARTS) is 1. The second kappa shape index (κ2) is 6.48. The van der Waals surface area contributed by atoms with Gasteiger partial charge in [-0.05, 0) is 6.92 Å². The summed E-state index contributed by atoms with van der Waals surface area (Å²) < 4.78 is 4.75. The van der Waals surface area contributed by atoms with Crippen LogP contribution in [0, 0.1) is 5.92 Å². The summed E-state index contributed by atoms with van der Waals surface area (Å²) in [6.45, 7) is 2.47. The van der Waals surface area contributed by atoms with Gasteiger partial charge in [0.1, 0.15) is 12.0 Å². The topological polar surface area (TPSA) is 107 Å². The molecule has 0 aromatic heterocycles. The number of β-lactam (4-membered cyclic amide) rings is 1. The summed E-state index contributed by atoms with van der Waals surface area (Å²) in [5.41, 5.74) is -0.266. The molecular weight excluding hydrogens is 297 g/mol. The van der Waals surface area contributed by atoms with Crippen molar-refractivity contribution in [2.75, 3.05) is 6.61 Å². The number of aliphatic carboxylic acids is 1. The van der Waals surface area contributed by atoms with Crippen LogP contribution >= 0.6 is 11.8 Å². The van der Waals surface area contributed by atoms with Gasteiger partial charge in [-0.1, -0.05) is 11.8 Å². The van der Waals surface area contributed by atoms with E-state index in [1.165, 1.54) is 13.8 Å². The standard InChI is InChI=1S/C11H13NO6S.Na/c1-4(13)7-9(15)12-8(11(16)17)6(19-10(7)12)3-18-5(2)14;/h4,7,10,13H,3H2,1-2H3,(H,16,17);/q;+1/p-1/t4?,7?,10-;/m1./s1. The fraction of sp³-hybridized carbons (Fsp3) is 0.545. The summed E-state index contributed by atoms with van der Waals surface area (Å²) in [7, 11) is 0. The molecule has 1 fully saturated rings. The second-order valence-corrected chi connectivity index (χ2v) is 5.53. The summed E-state index contributed by atoms with van der Waals surface area (Å²) in [5.74, 6) is -3.13. The molecule has 0 aromatic carbocycles. The zero-order chi connectivity index (χ0) is 14.3. The van der Waals surface area contributed by atoms with Gasteiger partial charge in [-0.25, -0.2) is 0 Å². The number of carbonyl (C=O) groups excluding carboxylic acids is 3. The van der Waals surface area contributed by atoms with E-state index in [0.29, 0.717) is 0 Å². The van der Waals surface area contributed by atoms with Crippen molar-refractivity contribution in [1.29, 1.82) is 0 Å². The van der Waals surface area contributed by atoms with E-state index in [9.17, 15) is 24.6 Å². The van der Waals surface area contributed by atoms with E-state index >= 15 is 0 Å². The summed E-state index contributed by atoms with van der Waals surface area (Å²) in [6, 6.07) is 0. The number of fused-ring (bicyclic) bond motifs is 1. The third kappa shape index (κ3) is 2.89. The van der Waals surface area contributed by atoms with Crippen molar-refractivity contribution in [1.82, 2.24) is 4.90 Å². The van der Waals surface area contributed by atoms with Gasteiger partial charge in [-0.3, -0.25) is 14.5 Å². The number of aliphatic hydroxyl groups excluding tert-OH is 1. The first-order chi connectivity index (χ1) is 8.84. The maximum absolute atomic E-state index is 11.8. The van der Waals surface area contributed by atoms with Crippen molar-refractivity contribution in [3.63, 3.8) is 0 Å². The van der Waals surface area contributed by atoms with Crippen LogP contribution in [0.3, 0.4) is 0 Å². The number of carbonyl (C=O) groups is 3. The number of carboxylic acids is 1. The average molecular weight is 309 g/mol. The van der Waals surface area contributed by atoms with Gasteiger partial charge in [0.2, 0.25) is 5.91 Å². The summed E-state index contributed by atoms with van der Waals surface area (Å²) in [4.78, 5) is 35.0. The van der Waals surface area contributed by atoms with Gasteiger partial charge < -0.3 is 19.7 Å². The molecule has 0 aromatic rings. The molecule has 1 amide bonds. The van der Waals surface area contributed by atoms with E-state index in [-0.39, 0.29) is 46.8 Å². The minimum Gasteiger partial charge on any atom is -0.543 e. The van der Waals surface area contributed by atoms with E-state index < -0.39 is 35.2 Å². The van der Waals surface area contributed by atoms with Crippen LogP contribution in [0.2, 0.25) is 0 Å². The molecule has 0 bridgehead atoms. The van der Waals surface area contributed by atoms with Gasteiger partial charge in [-0.15, -0.1) is 0 Å². The Hall–Kier alpha value is -0.540. The van der Waals surface area contributed by atoms with Crippen molar-refractivity contribution in [2.45, 2.75) is 25.3 Å². The Kier molecular flexibility index (Phi) is 5.68. The zero-order valence-corrected chi connectivity index (χ0v) is 14.1. The molecule has 7 nitrogen and oxygen atoms in total. The van der Waals surface area contributed by atoms with Crippen molar-refractivity contribution in [3.05, 3.63) is 10.6 Å². The van der Waals surface area contributed by atoms with Gasteiger partial charge in [0.15, 0.2) is 0 Å².